The topological polar surface area (TPSA) is 62.2 Å². The van der Waals surface area contributed by atoms with Crippen LogP contribution in [0.3, 0.4) is 0 Å². The monoisotopic (exact) mass is 258 g/mol. The van der Waals surface area contributed by atoms with Gasteiger partial charge in [-0.05, 0) is 35.0 Å². The Labute approximate surface area is 90.5 Å². The van der Waals surface area contributed by atoms with Gasteiger partial charge in [-0.2, -0.15) is 0 Å². The van der Waals surface area contributed by atoms with E-state index >= 15 is 0 Å². The minimum atomic E-state index is -0.244. The molecule has 1 aromatic rings. The fourth-order valence-corrected chi connectivity index (χ4v) is 1.10. The highest BCUT2D eigenvalue weighted by atomic mass is 79.9. The second-order valence-corrected chi connectivity index (χ2v) is 3.74. The fraction of sp³-hybridized carbons (Fsp3) is 0.333. The molecule has 76 valence electrons. The summed E-state index contributed by atoms with van der Waals surface area (Å²) in [4.78, 5) is 15.4. The number of halogens is 1. The summed E-state index contributed by atoms with van der Waals surface area (Å²) < 4.78 is 0.684. The normalized spacial score (nSPS) is 12.2. The van der Waals surface area contributed by atoms with Gasteiger partial charge in [0.15, 0.2) is 0 Å². The van der Waals surface area contributed by atoms with Crippen molar-refractivity contribution in [2.45, 2.75) is 13.0 Å². The molecule has 14 heavy (non-hydrogen) atoms. The number of rotatable bonds is 3. The van der Waals surface area contributed by atoms with E-state index in [1.807, 2.05) is 0 Å². The van der Waals surface area contributed by atoms with E-state index in [0.29, 0.717) is 10.2 Å². The van der Waals surface area contributed by atoms with Crippen molar-refractivity contribution in [1.82, 2.24) is 10.3 Å². The molecule has 0 aliphatic carbocycles. The maximum atomic E-state index is 11.4. The summed E-state index contributed by atoms with van der Waals surface area (Å²) >= 11 is 3.18. The molecule has 1 aromatic heterocycles. The molecule has 0 fully saturated rings. The van der Waals surface area contributed by atoms with Gasteiger partial charge in [0.25, 0.3) is 5.91 Å². The number of nitrogens with one attached hydrogen (secondary N) is 1. The second-order valence-electron chi connectivity index (χ2n) is 2.93. The Balaban J connectivity index is 2.65. The van der Waals surface area contributed by atoms with Gasteiger partial charge in [0, 0.05) is 12.2 Å². The van der Waals surface area contributed by atoms with Gasteiger partial charge in [-0.15, -0.1) is 0 Å². The molecule has 0 aliphatic rings. The maximum Gasteiger partial charge on any atom is 0.253 e. The molecule has 1 heterocycles. The van der Waals surface area contributed by atoms with Gasteiger partial charge in [0.1, 0.15) is 4.60 Å². The highest BCUT2D eigenvalue weighted by Crippen LogP contribution is 2.06. The number of carbonyl (C=O) groups excluding carboxylic acids is 1. The third kappa shape index (κ3) is 3.08. The van der Waals surface area contributed by atoms with Crippen LogP contribution in [0.4, 0.5) is 0 Å². The first-order valence-electron chi connectivity index (χ1n) is 4.16. The Morgan fingerprint density at radius 2 is 2.43 bits per heavy atom. The molecule has 1 rings (SSSR count). The molecular formula is C9H11BrN2O2. The maximum absolute atomic E-state index is 11.4. The minimum Gasteiger partial charge on any atom is -0.394 e. The van der Waals surface area contributed by atoms with Gasteiger partial charge in [-0.25, -0.2) is 4.98 Å². The predicted octanol–water partition coefficient (Wildman–Crippen LogP) is 0.955. The Morgan fingerprint density at radius 3 is 2.93 bits per heavy atom. The quantitative estimate of drug-likeness (QED) is 0.794. The number of aromatic nitrogens is 1. The lowest BCUT2D eigenvalue weighted by Crippen LogP contribution is -2.34. The number of pyridine rings is 1. The van der Waals surface area contributed by atoms with E-state index in [1.54, 1.807) is 19.1 Å². The Bertz CT molecular complexity index is 313. The van der Waals surface area contributed by atoms with Gasteiger partial charge >= 0.3 is 0 Å². The summed E-state index contributed by atoms with van der Waals surface area (Å²) in [6, 6.07) is 3.11. The van der Waals surface area contributed by atoms with Crippen molar-refractivity contribution in [3.63, 3.8) is 0 Å². The standard InChI is InChI=1S/C9H11BrN2O2/c1-6(5-13)12-9(14)7-2-3-8(10)11-4-7/h2-4,6,13H,5H2,1H3,(H,12,14)/t6-/m0/s1. The first kappa shape index (κ1) is 11.1. The van der Waals surface area contributed by atoms with E-state index < -0.39 is 0 Å². The summed E-state index contributed by atoms with van der Waals surface area (Å²) in [5.74, 6) is -0.230. The van der Waals surface area contributed by atoms with Crippen molar-refractivity contribution in [3.8, 4) is 0 Å². The van der Waals surface area contributed by atoms with E-state index in [2.05, 4.69) is 26.2 Å². The largest absolute Gasteiger partial charge is 0.394 e. The van der Waals surface area contributed by atoms with Crippen molar-refractivity contribution in [2.75, 3.05) is 6.61 Å². The molecule has 1 amide bonds. The molecule has 0 aliphatic heterocycles. The van der Waals surface area contributed by atoms with Crippen LogP contribution < -0.4 is 5.32 Å². The van der Waals surface area contributed by atoms with Crippen molar-refractivity contribution in [3.05, 3.63) is 28.5 Å². The average Bonchev–Trinajstić information content (AvgIpc) is 2.18. The Kier molecular flexibility index (Phi) is 4.03. The zero-order valence-electron chi connectivity index (χ0n) is 7.70. The number of nitrogens with zero attached hydrogens (tertiary/aromatic N) is 1. The first-order valence-corrected chi connectivity index (χ1v) is 4.96. The molecular weight excluding hydrogens is 248 g/mol. The Morgan fingerprint density at radius 1 is 1.71 bits per heavy atom. The lowest BCUT2D eigenvalue weighted by molar-refractivity contribution is 0.0922. The number of hydrogen-bond donors (Lipinski definition) is 2. The third-order valence-electron chi connectivity index (χ3n) is 1.64. The van der Waals surface area contributed by atoms with Crippen LogP contribution in [0.15, 0.2) is 22.9 Å². The minimum absolute atomic E-state index is 0.0737. The molecule has 1 atom stereocenters. The molecule has 4 nitrogen and oxygen atoms in total. The molecule has 0 bridgehead atoms. The van der Waals surface area contributed by atoms with Crippen LogP contribution in [0.2, 0.25) is 0 Å². The zero-order chi connectivity index (χ0) is 10.6. The molecule has 5 heteroatoms. The predicted molar refractivity (Wildman–Crippen MR) is 56.0 cm³/mol. The number of hydrogen-bond acceptors (Lipinski definition) is 3. The smallest absolute Gasteiger partial charge is 0.253 e. The van der Waals surface area contributed by atoms with Crippen LogP contribution >= 0.6 is 15.9 Å². The molecule has 0 unspecified atom stereocenters. The average molecular weight is 259 g/mol. The SMILES string of the molecule is C[C@@H](CO)NC(=O)c1ccc(Br)nc1. The lowest BCUT2D eigenvalue weighted by atomic mass is 10.2. The van der Waals surface area contributed by atoms with E-state index in [1.165, 1.54) is 6.20 Å². The van der Waals surface area contributed by atoms with E-state index in [0.717, 1.165) is 0 Å². The van der Waals surface area contributed by atoms with Gasteiger partial charge < -0.3 is 10.4 Å². The molecule has 2 N–H and O–H groups in total. The van der Waals surface area contributed by atoms with Crippen molar-refractivity contribution in [2.24, 2.45) is 0 Å². The zero-order valence-corrected chi connectivity index (χ0v) is 9.28. The number of aliphatic hydroxyl groups excluding tert-OH is 1. The number of amides is 1. The van der Waals surface area contributed by atoms with Gasteiger partial charge in [0.2, 0.25) is 0 Å². The van der Waals surface area contributed by atoms with Crippen molar-refractivity contribution < 1.29 is 9.90 Å². The third-order valence-corrected chi connectivity index (χ3v) is 2.11. The molecule has 0 saturated heterocycles. The number of aliphatic hydroxyl groups is 1. The van der Waals surface area contributed by atoms with Crippen molar-refractivity contribution in [1.29, 1.82) is 0 Å². The second kappa shape index (κ2) is 5.07. The first-order chi connectivity index (χ1) is 6.63. The fourth-order valence-electron chi connectivity index (χ4n) is 0.863. The van der Waals surface area contributed by atoms with E-state index in [9.17, 15) is 4.79 Å². The summed E-state index contributed by atoms with van der Waals surface area (Å²) in [6.07, 6.45) is 1.48. The van der Waals surface area contributed by atoms with E-state index in [-0.39, 0.29) is 18.6 Å². The highest BCUT2D eigenvalue weighted by molar-refractivity contribution is 9.10. The summed E-state index contributed by atoms with van der Waals surface area (Å²) in [6.45, 7) is 1.65. The van der Waals surface area contributed by atoms with Crippen LogP contribution in [0.5, 0.6) is 0 Å². The number of carbonyl (C=O) groups is 1. The molecule has 0 spiro atoms. The molecule has 0 saturated carbocycles. The molecule has 0 aromatic carbocycles. The van der Waals surface area contributed by atoms with Gasteiger partial charge in [-0.3, -0.25) is 4.79 Å². The Hall–Kier alpha value is -0.940. The van der Waals surface area contributed by atoms with Gasteiger partial charge in [0.05, 0.1) is 12.2 Å². The summed E-state index contributed by atoms with van der Waals surface area (Å²) in [5, 5.41) is 11.4. The highest BCUT2D eigenvalue weighted by Gasteiger charge is 2.08. The molecule has 0 radical (unpaired) electrons. The van der Waals surface area contributed by atoms with Crippen LogP contribution in [-0.4, -0.2) is 28.6 Å². The van der Waals surface area contributed by atoms with Crippen LogP contribution in [0, 0.1) is 0 Å². The summed E-state index contributed by atoms with van der Waals surface area (Å²) in [7, 11) is 0. The summed E-state index contributed by atoms with van der Waals surface area (Å²) in [5.41, 5.74) is 0.480. The van der Waals surface area contributed by atoms with Crippen LogP contribution in [-0.2, 0) is 0 Å². The van der Waals surface area contributed by atoms with Gasteiger partial charge in [-0.1, -0.05) is 0 Å². The van der Waals surface area contributed by atoms with Crippen LogP contribution in [0.1, 0.15) is 17.3 Å². The lowest BCUT2D eigenvalue weighted by Gasteiger charge is -2.10. The van der Waals surface area contributed by atoms with E-state index in [4.69, 9.17) is 5.11 Å². The van der Waals surface area contributed by atoms with Crippen molar-refractivity contribution >= 4 is 21.8 Å². The van der Waals surface area contributed by atoms with Crippen LogP contribution in [0.25, 0.3) is 0 Å².